The molecular formula is C81H92BN3. The van der Waals surface area contributed by atoms with Crippen LogP contribution in [0, 0.1) is 13.8 Å². The van der Waals surface area contributed by atoms with E-state index < -0.39 is 0 Å². The van der Waals surface area contributed by atoms with Crippen molar-refractivity contribution in [3.05, 3.63) is 201 Å². The number of fused-ring (bicyclic) bond motifs is 10. The first-order valence-corrected chi connectivity index (χ1v) is 32.3. The number of hydrogen-bond acceptors (Lipinski definition) is 3. The molecule has 0 aromatic heterocycles. The summed E-state index contributed by atoms with van der Waals surface area (Å²) in [4.78, 5) is 8.17. The van der Waals surface area contributed by atoms with Crippen LogP contribution >= 0.6 is 0 Å². The molecule has 0 atom stereocenters. The molecule has 4 heteroatoms. The summed E-state index contributed by atoms with van der Waals surface area (Å²) in [5.74, 6) is 0. The molecule has 2 heterocycles. The molecule has 0 unspecified atom stereocenters. The van der Waals surface area contributed by atoms with Crippen molar-refractivity contribution in [3.8, 4) is 11.1 Å². The molecule has 14 rings (SSSR count). The minimum atomic E-state index is -0.219. The lowest BCUT2D eigenvalue weighted by atomic mass is 9.32. The first kappa shape index (κ1) is 56.1. The molecule has 8 aromatic rings. The van der Waals surface area contributed by atoms with E-state index in [2.05, 4.69) is 286 Å². The number of para-hydroxylation sites is 2. The molecule has 0 fully saturated rings. The maximum Gasteiger partial charge on any atom is 0.252 e. The number of hydrogen-bond donors (Lipinski definition) is 0. The Labute approximate surface area is 511 Å². The predicted molar refractivity (Wildman–Crippen MR) is 367 cm³/mol. The van der Waals surface area contributed by atoms with Gasteiger partial charge >= 0.3 is 0 Å². The van der Waals surface area contributed by atoms with E-state index >= 15 is 0 Å². The van der Waals surface area contributed by atoms with Crippen molar-refractivity contribution in [2.75, 3.05) is 14.7 Å². The number of nitrogens with zero attached hydrogens (tertiary/aromatic N) is 3. The van der Waals surface area contributed by atoms with Gasteiger partial charge in [-0.05, 0) is 228 Å². The summed E-state index contributed by atoms with van der Waals surface area (Å²) in [5.41, 5.74) is 33.6. The molecule has 8 aromatic carbocycles. The minimum absolute atomic E-state index is 0.00370. The molecule has 0 radical (unpaired) electrons. The number of aryl methyl sites for hydroxylation is 2. The quantitative estimate of drug-likeness (QED) is 0.159. The summed E-state index contributed by atoms with van der Waals surface area (Å²) < 4.78 is 0. The summed E-state index contributed by atoms with van der Waals surface area (Å²) in [6.45, 7) is 46.6. The number of benzene rings is 8. The molecule has 6 aliphatic rings. The van der Waals surface area contributed by atoms with E-state index in [1.807, 2.05) is 0 Å². The molecule has 0 N–H and O–H groups in total. The SMILES string of the molecule is Cc1ccccc1N(c1cc2c3c(c1)N(c1cccc4c1-c1ccc(C(C)(C)C)cc1C4(C)C)c1cc4c(cc1B3c1cc3c(cc1N2c1ccc2c(c1)C(C)(C)CCC2(C)C)C(C)(C)CCC3(C)C)C(C)(C)CCC4(C)C)c1ccccc1C. The Morgan fingerprint density at radius 1 is 0.388 bits per heavy atom. The van der Waals surface area contributed by atoms with Crippen molar-refractivity contribution < 1.29 is 0 Å². The molecule has 0 amide bonds. The Balaban J connectivity index is 1.18. The lowest BCUT2D eigenvalue weighted by Gasteiger charge is -2.49. The zero-order valence-electron chi connectivity index (χ0n) is 54.9. The zero-order valence-corrected chi connectivity index (χ0v) is 54.9. The summed E-state index contributed by atoms with van der Waals surface area (Å²) in [5, 5.41) is 0. The van der Waals surface area contributed by atoms with Crippen molar-refractivity contribution in [2.24, 2.45) is 0 Å². The Kier molecular flexibility index (Phi) is 12.0. The third-order valence-corrected chi connectivity index (χ3v) is 22.8. The van der Waals surface area contributed by atoms with Gasteiger partial charge < -0.3 is 14.7 Å². The van der Waals surface area contributed by atoms with Crippen LogP contribution in [0.1, 0.15) is 217 Å². The third kappa shape index (κ3) is 8.24. The average Bonchev–Trinajstić information content (AvgIpc) is 1.58. The van der Waals surface area contributed by atoms with Crippen LogP contribution < -0.4 is 31.1 Å². The minimum Gasteiger partial charge on any atom is -0.311 e. The van der Waals surface area contributed by atoms with Crippen LogP contribution in [0.15, 0.2) is 140 Å². The first-order chi connectivity index (χ1) is 39.8. The van der Waals surface area contributed by atoms with Crippen LogP contribution in [0.4, 0.5) is 51.2 Å². The molecule has 3 nitrogen and oxygen atoms in total. The van der Waals surface area contributed by atoms with Gasteiger partial charge in [0.15, 0.2) is 0 Å². The fourth-order valence-corrected chi connectivity index (χ4v) is 16.9. The molecule has 0 bridgehead atoms. The smallest absolute Gasteiger partial charge is 0.252 e. The van der Waals surface area contributed by atoms with E-state index in [0.29, 0.717) is 0 Å². The highest BCUT2D eigenvalue weighted by molar-refractivity contribution is 7.00. The van der Waals surface area contributed by atoms with Crippen molar-refractivity contribution >= 4 is 74.3 Å². The van der Waals surface area contributed by atoms with Gasteiger partial charge in [-0.2, -0.15) is 0 Å². The van der Waals surface area contributed by atoms with Gasteiger partial charge in [0.1, 0.15) is 0 Å². The van der Waals surface area contributed by atoms with E-state index in [1.165, 1.54) is 141 Å². The molecule has 0 saturated carbocycles. The second-order valence-corrected chi connectivity index (χ2v) is 32.7. The van der Waals surface area contributed by atoms with Gasteiger partial charge in [-0.3, -0.25) is 0 Å². The highest BCUT2D eigenvalue weighted by atomic mass is 15.2. The fraction of sp³-hybridized carbons (Fsp3) is 0.407. The van der Waals surface area contributed by atoms with Crippen LogP contribution in [-0.2, 0) is 43.3 Å². The predicted octanol–water partition coefficient (Wildman–Crippen LogP) is 20.5. The highest BCUT2D eigenvalue weighted by Crippen LogP contribution is 2.59. The second kappa shape index (κ2) is 18.2. The van der Waals surface area contributed by atoms with E-state index in [4.69, 9.17) is 0 Å². The largest absolute Gasteiger partial charge is 0.311 e. The lowest BCUT2D eigenvalue weighted by molar-refractivity contribution is 0.332. The van der Waals surface area contributed by atoms with E-state index in [1.54, 1.807) is 0 Å². The van der Waals surface area contributed by atoms with Crippen molar-refractivity contribution in [1.82, 2.24) is 0 Å². The van der Waals surface area contributed by atoms with Gasteiger partial charge in [0.05, 0.1) is 11.4 Å². The zero-order chi connectivity index (χ0) is 60.2. The van der Waals surface area contributed by atoms with Gasteiger partial charge in [0.2, 0.25) is 0 Å². The van der Waals surface area contributed by atoms with Gasteiger partial charge in [0.25, 0.3) is 6.71 Å². The van der Waals surface area contributed by atoms with Crippen molar-refractivity contribution in [2.45, 2.75) is 213 Å². The van der Waals surface area contributed by atoms with E-state index in [9.17, 15) is 0 Å². The van der Waals surface area contributed by atoms with Crippen molar-refractivity contribution in [3.63, 3.8) is 0 Å². The summed E-state index contributed by atoms with van der Waals surface area (Å²) in [6, 6.07) is 56.7. The van der Waals surface area contributed by atoms with Gasteiger partial charge in [-0.15, -0.1) is 0 Å². The molecule has 434 valence electrons. The molecule has 85 heavy (non-hydrogen) atoms. The second-order valence-electron chi connectivity index (χ2n) is 32.7. The van der Waals surface area contributed by atoms with Crippen LogP contribution in [0.3, 0.4) is 0 Å². The highest BCUT2D eigenvalue weighted by Gasteiger charge is 2.51. The Bertz CT molecular complexity index is 4100. The van der Waals surface area contributed by atoms with E-state index in [-0.39, 0.29) is 50.0 Å². The molecule has 2 aliphatic heterocycles. The Morgan fingerprint density at radius 2 is 0.847 bits per heavy atom. The normalized spacial score (nSPS) is 19.8. The topological polar surface area (TPSA) is 9.72 Å². The summed E-state index contributed by atoms with van der Waals surface area (Å²) in [6.07, 6.45) is 6.93. The average molecular weight is 1120 g/mol. The monoisotopic (exact) mass is 1120 g/mol. The maximum absolute atomic E-state index is 2.80. The standard InChI is InChI=1S/C81H92BN3/c1-49-25-20-22-28-65(49)84(66-29-23-21-26-50(66)2)53-43-70-73-71(44-53)85(67-30-24-27-56-72(67)54-33-31-51(74(3,4)5)41-57(54)81(56,18)19)69-48-62-60(78(12,13)38-40-80(62,16)17)46-64(69)82(73)63-45-59-61(79(14,15)39-37-77(59,10)11)47-68(63)83(70)52-32-34-55-58(42-52)76(8,9)36-35-75(55,6)7/h20-34,41-48H,35-40H2,1-19H3. The van der Waals surface area contributed by atoms with Gasteiger partial charge in [-0.1, -0.05) is 203 Å². The van der Waals surface area contributed by atoms with Crippen molar-refractivity contribution in [1.29, 1.82) is 0 Å². The first-order valence-electron chi connectivity index (χ1n) is 32.3. The number of rotatable bonds is 5. The van der Waals surface area contributed by atoms with Crippen LogP contribution in [0.5, 0.6) is 0 Å². The van der Waals surface area contributed by atoms with Gasteiger partial charge in [-0.25, -0.2) is 0 Å². The Hall–Kier alpha value is -6.78. The summed E-state index contributed by atoms with van der Waals surface area (Å²) >= 11 is 0. The van der Waals surface area contributed by atoms with E-state index in [0.717, 1.165) is 37.8 Å². The molecular weight excluding hydrogens is 1030 g/mol. The molecule has 0 spiro atoms. The van der Waals surface area contributed by atoms with Gasteiger partial charge in [0, 0.05) is 50.8 Å². The third-order valence-electron chi connectivity index (χ3n) is 22.8. The maximum atomic E-state index is 2.80. The number of anilines is 9. The summed E-state index contributed by atoms with van der Waals surface area (Å²) in [7, 11) is 0. The lowest BCUT2D eigenvalue weighted by Crippen LogP contribution is -2.62. The molecule has 0 saturated heterocycles. The fourth-order valence-electron chi connectivity index (χ4n) is 16.9. The molecule has 4 aliphatic carbocycles. The Morgan fingerprint density at radius 3 is 1.35 bits per heavy atom. The van der Waals surface area contributed by atoms with Crippen LogP contribution in [-0.4, -0.2) is 6.71 Å². The van der Waals surface area contributed by atoms with Crippen LogP contribution in [0.25, 0.3) is 11.1 Å². The van der Waals surface area contributed by atoms with Crippen LogP contribution in [0.2, 0.25) is 0 Å².